The zero-order valence-electron chi connectivity index (χ0n) is 10.7. The van der Waals surface area contributed by atoms with Gasteiger partial charge in [0, 0.05) is 22.9 Å². The average Bonchev–Trinajstić information content (AvgIpc) is 2.77. The number of anilines is 1. The van der Waals surface area contributed by atoms with E-state index in [2.05, 4.69) is 5.32 Å². The van der Waals surface area contributed by atoms with Crippen LogP contribution in [0.4, 0.5) is 11.4 Å². The highest BCUT2D eigenvalue weighted by molar-refractivity contribution is 6.35. The van der Waals surface area contributed by atoms with Crippen LogP contribution in [-0.4, -0.2) is 10.8 Å². The van der Waals surface area contributed by atoms with Gasteiger partial charge in [0.15, 0.2) is 0 Å². The molecule has 0 bridgehead atoms. The Morgan fingerprint density at radius 1 is 1.19 bits per heavy atom. The van der Waals surface area contributed by atoms with Crippen LogP contribution < -0.4 is 5.32 Å². The fourth-order valence-electron chi connectivity index (χ4n) is 2.21. The molecule has 104 valence electrons. The Morgan fingerprint density at radius 3 is 2.71 bits per heavy atom. The Balaban J connectivity index is 2.09. The number of amides is 1. The van der Waals surface area contributed by atoms with E-state index in [4.69, 9.17) is 11.6 Å². The predicted octanol–water partition coefficient (Wildman–Crippen LogP) is 3.74. The first-order chi connectivity index (χ1) is 10.1. The number of carbonyl (C=O) groups is 1. The van der Waals surface area contributed by atoms with Gasteiger partial charge in [-0.15, -0.1) is 0 Å². The molecule has 0 radical (unpaired) electrons. The number of nitro benzene ring substituents is 1. The Labute approximate surface area is 125 Å². The molecule has 0 saturated heterocycles. The minimum Gasteiger partial charge on any atom is -0.321 e. The van der Waals surface area contributed by atoms with Crippen molar-refractivity contribution in [3.63, 3.8) is 0 Å². The van der Waals surface area contributed by atoms with E-state index < -0.39 is 4.92 Å². The average molecular weight is 301 g/mol. The number of para-hydroxylation sites is 1. The minimum absolute atomic E-state index is 0.0680. The van der Waals surface area contributed by atoms with Gasteiger partial charge in [0.2, 0.25) is 0 Å². The fourth-order valence-corrected chi connectivity index (χ4v) is 2.39. The van der Waals surface area contributed by atoms with Crippen LogP contribution >= 0.6 is 11.6 Å². The van der Waals surface area contributed by atoms with Crippen molar-refractivity contribution in [2.45, 2.75) is 0 Å². The maximum atomic E-state index is 12.0. The Morgan fingerprint density at radius 2 is 1.95 bits per heavy atom. The molecule has 6 heteroatoms. The highest BCUT2D eigenvalue weighted by Gasteiger charge is 2.23. The summed E-state index contributed by atoms with van der Waals surface area (Å²) in [7, 11) is 0. The third-order valence-electron chi connectivity index (χ3n) is 3.19. The van der Waals surface area contributed by atoms with Crippen LogP contribution in [-0.2, 0) is 4.79 Å². The third-order valence-corrected chi connectivity index (χ3v) is 3.51. The number of rotatable bonds is 2. The molecule has 3 rings (SSSR count). The van der Waals surface area contributed by atoms with Crippen molar-refractivity contribution >= 4 is 40.5 Å². The molecule has 0 atom stereocenters. The summed E-state index contributed by atoms with van der Waals surface area (Å²) in [4.78, 5) is 22.3. The van der Waals surface area contributed by atoms with Crippen molar-refractivity contribution in [3.8, 4) is 0 Å². The van der Waals surface area contributed by atoms with Gasteiger partial charge in [-0.3, -0.25) is 14.9 Å². The van der Waals surface area contributed by atoms with Gasteiger partial charge in [-0.25, -0.2) is 0 Å². The lowest BCUT2D eigenvalue weighted by Gasteiger charge is -2.00. The second-order valence-corrected chi connectivity index (χ2v) is 4.93. The zero-order valence-corrected chi connectivity index (χ0v) is 11.4. The van der Waals surface area contributed by atoms with E-state index in [1.165, 1.54) is 12.1 Å². The fraction of sp³-hybridized carbons (Fsp3) is 0. The van der Waals surface area contributed by atoms with Gasteiger partial charge >= 0.3 is 0 Å². The van der Waals surface area contributed by atoms with Crippen molar-refractivity contribution < 1.29 is 9.72 Å². The molecule has 2 aromatic rings. The van der Waals surface area contributed by atoms with E-state index in [0.717, 1.165) is 11.3 Å². The van der Waals surface area contributed by atoms with Gasteiger partial charge in [-0.05, 0) is 23.8 Å². The minimum atomic E-state index is -0.549. The van der Waals surface area contributed by atoms with Gasteiger partial charge in [-0.2, -0.15) is 0 Å². The van der Waals surface area contributed by atoms with Crippen molar-refractivity contribution in [2.24, 2.45) is 0 Å². The molecule has 0 fully saturated rings. The van der Waals surface area contributed by atoms with Crippen LogP contribution in [0, 0.1) is 10.1 Å². The molecule has 1 aliphatic heterocycles. The smallest absolute Gasteiger partial charge is 0.288 e. The molecule has 0 spiro atoms. The maximum Gasteiger partial charge on any atom is 0.288 e. The van der Waals surface area contributed by atoms with E-state index in [-0.39, 0.29) is 16.6 Å². The number of hydrogen-bond donors (Lipinski definition) is 1. The molecular weight excluding hydrogens is 292 g/mol. The SMILES string of the molecule is O=C1Nc2ccccc2/C1=C/c1ccc(Cl)c([N+](=O)[O-])c1. The quantitative estimate of drug-likeness (QED) is 0.521. The number of nitrogens with zero attached hydrogens (tertiary/aromatic N) is 1. The number of fused-ring (bicyclic) bond motifs is 1. The lowest BCUT2D eigenvalue weighted by atomic mass is 10.0. The molecule has 2 aromatic carbocycles. The maximum absolute atomic E-state index is 12.0. The number of nitrogens with one attached hydrogen (secondary N) is 1. The summed E-state index contributed by atoms with van der Waals surface area (Å²) in [6, 6.07) is 11.7. The van der Waals surface area contributed by atoms with Crippen LogP contribution in [0.15, 0.2) is 42.5 Å². The van der Waals surface area contributed by atoms with E-state index in [1.54, 1.807) is 18.2 Å². The molecule has 1 heterocycles. The largest absolute Gasteiger partial charge is 0.321 e. The molecule has 0 saturated carbocycles. The highest BCUT2D eigenvalue weighted by Crippen LogP contribution is 2.33. The summed E-state index contributed by atoms with van der Waals surface area (Å²) in [5.41, 5.74) is 2.35. The first-order valence-electron chi connectivity index (χ1n) is 6.12. The second-order valence-electron chi connectivity index (χ2n) is 4.53. The van der Waals surface area contributed by atoms with Crippen molar-refractivity contribution in [3.05, 3.63) is 68.7 Å². The van der Waals surface area contributed by atoms with Crippen molar-refractivity contribution in [1.29, 1.82) is 0 Å². The predicted molar refractivity (Wildman–Crippen MR) is 81.0 cm³/mol. The summed E-state index contributed by atoms with van der Waals surface area (Å²) in [6.07, 6.45) is 1.62. The van der Waals surface area contributed by atoms with Gasteiger partial charge < -0.3 is 5.32 Å². The molecule has 0 aliphatic carbocycles. The molecule has 1 aliphatic rings. The van der Waals surface area contributed by atoms with Crippen molar-refractivity contribution in [2.75, 3.05) is 5.32 Å². The summed E-state index contributed by atoms with van der Waals surface area (Å²) >= 11 is 5.78. The summed E-state index contributed by atoms with van der Waals surface area (Å²) in [5.74, 6) is -0.228. The molecule has 1 amide bonds. The van der Waals surface area contributed by atoms with Gasteiger partial charge in [0.25, 0.3) is 11.6 Å². The van der Waals surface area contributed by atoms with Gasteiger partial charge in [-0.1, -0.05) is 35.9 Å². The lowest BCUT2D eigenvalue weighted by Crippen LogP contribution is -2.03. The van der Waals surface area contributed by atoms with E-state index >= 15 is 0 Å². The number of nitro groups is 1. The number of benzene rings is 2. The first kappa shape index (κ1) is 13.3. The normalized spacial score (nSPS) is 14.9. The van der Waals surface area contributed by atoms with E-state index in [0.29, 0.717) is 11.1 Å². The highest BCUT2D eigenvalue weighted by atomic mass is 35.5. The molecule has 1 N–H and O–H groups in total. The van der Waals surface area contributed by atoms with Gasteiger partial charge in [0.05, 0.1) is 4.92 Å². The Kier molecular flexibility index (Phi) is 3.19. The molecule has 21 heavy (non-hydrogen) atoms. The van der Waals surface area contributed by atoms with Gasteiger partial charge in [0.1, 0.15) is 5.02 Å². The monoisotopic (exact) mass is 300 g/mol. The molecule has 5 nitrogen and oxygen atoms in total. The number of hydrogen-bond acceptors (Lipinski definition) is 3. The van der Waals surface area contributed by atoms with E-state index in [1.807, 2.05) is 18.2 Å². The molecular formula is C15H9ClN2O3. The van der Waals surface area contributed by atoms with Crippen molar-refractivity contribution in [1.82, 2.24) is 0 Å². The van der Waals surface area contributed by atoms with Crippen LogP contribution in [0.5, 0.6) is 0 Å². The Bertz CT molecular complexity index is 799. The van der Waals surface area contributed by atoms with E-state index in [9.17, 15) is 14.9 Å². The lowest BCUT2D eigenvalue weighted by molar-refractivity contribution is -0.384. The Hall–Kier alpha value is -2.66. The molecule has 0 aromatic heterocycles. The number of halogens is 1. The third kappa shape index (κ3) is 2.39. The zero-order chi connectivity index (χ0) is 15.0. The first-order valence-corrected chi connectivity index (χ1v) is 6.50. The van der Waals surface area contributed by atoms with Crippen LogP contribution in [0.25, 0.3) is 11.6 Å². The topological polar surface area (TPSA) is 72.2 Å². The van der Waals surface area contributed by atoms with Crippen LogP contribution in [0.2, 0.25) is 5.02 Å². The summed E-state index contributed by atoms with van der Waals surface area (Å²) < 4.78 is 0. The van der Waals surface area contributed by atoms with Crippen LogP contribution in [0.1, 0.15) is 11.1 Å². The number of carbonyl (C=O) groups excluding carboxylic acids is 1. The summed E-state index contributed by atoms with van der Waals surface area (Å²) in [5, 5.41) is 13.7. The summed E-state index contributed by atoms with van der Waals surface area (Å²) in [6.45, 7) is 0. The van der Waals surface area contributed by atoms with Crippen LogP contribution in [0.3, 0.4) is 0 Å². The second kappa shape index (κ2) is 5.03. The standard InChI is InChI=1S/C15H9ClN2O3/c16-12-6-5-9(8-14(12)18(20)21)7-11-10-3-1-2-4-13(10)17-15(11)19/h1-8H,(H,17,19)/b11-7-. The molecule has 0 unspecified atom stereocenters.